The maximum atomic E-state index is 13.4. The Bertz CT molecular complexity index is 662. The summed E-state index contributed by atoms with van der Waals surface area (Å²) in [5, 5.41) is 8.95. The van der Waals surface area contributed by atoms with Gasteiger partial charge in [-0.3, -0.25) is 0 Å². The molecule has 1 atom stereocenters. The van der Waals surface area contributed by atoms with Crippen molar-refractivity contribution < 1.29 is 9.13 Å². The van der Waals surface area contributed by atoms with Crippen LogP contribution in [0.25, 0.3) is 0 Å². The third kappa shape index (κ3) is 2.16. The van der Waals surface area contributed by atoms with Gasteiger partial charge in [-0.25, -0.2) is 4.39 Å². The van der Waals surface area contributed by atoms with Crippen molar-refractivity contribution in [3.05, 3.63) is 63.9 Å². The van der Waals surface area contributed by atoms with Crippen molar-refractivity contribution in [1.29, 1.82) is 5.26 Å². The van der Waals surface area contributed by atoms with Crippen LogP contribution in [0.15, 0.2) is 36.4 Å². The summed E-state index contributed by atoms with van der Waals surface area (Å²) < 4.78 is 19.2. The minimum absolute atomic E-state index is 0.0603. The SMILES string of the molecule is N#Cc1cccc(C2Cc3cc(F)c(Cl)cc3O2)c1. The maximum absolute atomic E-state index is 13.4. The van der Waals surface area contributed by atoms with Crippen LogP contribution in [0.3, 0.4) is 0 Å². The summed E-state index contributed by atoms with van der Waals surface area (Å²) in [6.07, 6.45) is 0.388. The van der Waals surface area contributed by atoms with Crippen molar-refractivity contribution in [2.45, 2.75) is 12.5 Å². The van der Waals surface area contributed by atoms with Crippen LogP contribution < -0.4 is 4.74 Å². The molecule has 0 aromatic heterocycles. The Morgan fingerprint density at radius 2 is 2.16 bits per heavy atom. The fourth-order valence-corrected chi connectivity index (χ4v) is 2.38. The molecule has 94 valence electrons. The van der Waals surface area contributed by atoms with Crippen molar-refractivity contribution in [3.63, 3.8) is 0 Å². The van der Waals surface area contributed by atoms with E-state index in [4.69, 9.17) is 21.6 Å². The van der Waals surface area contributed by atoms with E-state index < -0.39 is 5.82 Å². The van der Waals surface area contributed by atoms with E-state index >= 15 is 0 Å². The molecule has 2 aromatic carbocycles. The zero-order chi connectivity index (χ0) is 13.4. The van der Waals surface area contributed by atoms with Crippen LogP contribution in [-0.2, 0) is 6.42 Å². The second kappa shape index (κ2) is 4.56. The molecule has 0 fully saturated rings. The van der Waals surface area contributed by atoms with Gasteiger partial charge in [-0.1, -0.05) is 23.7 Å². The standard InChI is InChI=1S/C15H9ClFNO/c16-12-7-15-11(5-13(12)17)6-14(19-15)10-3-1-2-9(4-10)8-18/h1-5,7,14H,6H2. The first-order chi connectivity index (χ1) is 9.17. The molecular weight excluding hydrogens is 265 g/mol. The lowest BCUT2D eigenvalue weighted by atomic mass is 10.0. The van der Waals surface area contributed by atoms with E-state index in [-0.39, 0.29) is 11.1 Å². The first kappa shape index (κ1) is 12.0. The van der Waals surface area contributed by atoms with Crippen molar-refractivity contribution in [3.8, 4) is 11.8 Å². The van der Waals surface area contributed by atoms with Gasteiger partial charge in [0.05, 0.1) is 16.7 Å². The van der Waals surface area contributed by atoms with Crippen LogP contribution in [0.2, 0.25) is 5.02 Å². The van der Waals surface area contributed by atoms with Gasteiger partial charge < -0.3 is 4.74 Å². The first-order valence-electron chi connectivity index (χ1n) is 5.82. The van der Waals surface area contributed by atoms with Crippen LogP contribution in [0.1, 0.15) is 22.8 Å². The van der Waals surface area contributed by atoms with Crippen molar-refractivity contribution in [2.75, 3.05) is 0 Å². The van der Waals surface area contributed by atoms with Crippen LogP contribution in [0.4, 0.5) is 4.39 Å². The lowest BCUT2D eigenvalue weighted by molar-refractivity contribution is 0.238. The molecule has 4 heteroatoms. The molecule has 0 N–H and O–H groups in total. The minimum atomic E-state index is -0.435. The molecule has 19 heavy (non-hydrogen) atoms. The van der Waals surface area contributed by atoms with Crippen LogP contribution >= 0.6 is 11.6 Å². The minimum Gasteiger partial charge on any atom is -0.485 e. The molecule has 1 unspecified atom stereocenters. The number of rotatable bonds is 1. The molecule has 2 aromatic rings. The summed E-state index contributed by atoms with van der Waals surface area (Å²) in [7, 11) is 0. The molecule has 0 aliphatic carbocycles. The van der Waals surface area contributed by atoms with Gasteiger partial charge in [0.25, 0.3) is 0 Å². The van der Waals surface area contributed by atoms with Gasteiger partial charge in [-0.15, -0.1) is 0 Å². The maximum Gasteiger partial charge on any atom is 0.142 e. The van der Waals surface area contributed by atoms with Crippen LogP contribution in [0.5, 0.6) is 5.75 Å². The fourth-order valence-electron chi connectivity index (χ4n) is 2.23. The van der Waals surface area contributed by atoms with E-state index in [0.29, 0.717) is 17.7 Å². The topological polar surface area (TPSA) is 33.0 Å². The zero-order valence-corrected chi connectivity index (χ0v) is 10.6. The largest absolute Gasteiger partial charge is 0.485 e. The highest BCUT2D eigenvalue weighted by Gasteiger charge is 2.26. The molecule has 0 bridgehead atoms. The van der Waals surface area contributed by atoms with Gasteiger partial charge in [-0.05, 0) is 23.8 Å². The Hall–Kier alpha value is -2.05. The van der Waals surface area contributed by atoms with Gasteiger partial charge in [0.1, 0.15) is 17.7 Å². The number of benzene rings is 2. The third-order valence-corrected chi connectivity index (χ3v) is 3.46. The van der Waals surface area contributed by atoms with Gasteiger partial charge in [0.2, 0.25) is 0 Å². The Balaban J connectivity index is 1.93. The first-order valence-corrected chi connectivity index (χ1v) is 6.20. The molecule has 1 aliphatic heterocycles. The van der Waals surface area contributed by atoms with Crippen LogP contribution in [0, 0.1) is 17.1 Å². The lowest BCUT2D eigenvalue weighted by Gasteiger charge is -2.11. The average molecular weight is 274 g/mol. The highest BCUT2D eigenvalue weighted by molar-refractivity contribution is 6.30. The van der Waals surface area contributed by atoms with Gasteiger partial charge >= 0.3 is 0 Å². The second-order valence-corrected chi connectivity index (χ2v) is 4.83. The number of nitriles is 1. The Morgan fingerprint density at radius 1 is 1.32 bits per heavy atom. The third-order valence-electron chi connectivity index (χ3n) is 3.17. The number of nitrogens with zero attached hydrogens (tertiary/aromatic N) is 1. The highest BCUT2D eigenvalue weighted by atomic mass is 35.5. The van der Waals surface area contributed by atoms with E-state index in [1.54, 1.807) is 12.1 Å². The number of fused-ring (bicyclic) bond motifs is 1. The van der Waals surface area contributed by atoms with E-state index in [9.17, 15) is 4.39 Å². The lowest BCUT2D eigenvalue weighted by Crippen LogP contribution is -2.03. The monoisotopic (exact) mass is 273 g/mol. The zero-order valence-electron chi connectivity index (χ0n) is 9.86. The number of hydrogen-bond donors (Lipinski definition) is 0. The predicted octanol–water partition coefficient (Wildman–Crippen LogP) is 4.03. The molecule has 2 nitrogen and oxygen atoms in total. The van der Waals surface area contributed by atoms with E-state index in [1.807, 2.05) is 12.1 Å². The number of halogens is 2. The molecule has 3 rings (SSSR count). The average Bonchev–Trinajstić information content (AvgIpc) is 2.82. The summed E-state index contributed by atoms with van der Waals surface area (Å²) in [6, 6.07) is 12.2. The van der Waals surface area contributed by atoms with E-state index in [0.717, 1.165) is 11.1 Å². The molecule has 1 aliphatic rings. The molecule has 0 saturated heterocycles. The summed E-state index contributed by atoms with van der Waals surface area (Å²) in [4.78, 5) is 0. The molecule has 0 spiro atoms. The molecule has 0 radical (unpaired) electrons. The van der Waals surface area contributed by atoms with Gasteiger partial charge in [0, 0.05) is 18.1 Å². The van der Waals surface area contributed by atoms with Crippen molar-refractivity contribution >= 4 is 11.6 Å². The molecule has 1 heterocycles. The summed E-state index contributed by atoms with van der Waals surface area (Å²) >= 11 is 5.74. The number of hydrogen-bond acceptors (Lipinski definition) is 2. The fraction of sp³-hybridized carbons (Fsp3) is 0.133. The van der Waals surface area contributed by atoms with Crippen molar-refractivity contribution in [1.82, 2.24) is 0 Å². The summed E-state index contributed by atoms with van der Waals surface area (Å²) in [5.74, 6) is 0.175. The molecule has 0 amide bonds. The Labute approximate surface area is 115 Å². The second-order valence-electron chi connectivity index (χ2n) is 4.42. The van der Waals surface area contributed by atoms with Crippen LogP contribution in [-0.4, -0.2) is 0 Å². The molecule has 0 saturated carbocycles. The normalized spacial score (nSPS) is 16.6. The quantitative estimate of drug-likeness (QED) is 0.786. The molecular formula is C15H9ClFNO. The van der Waals surface area contributed by atoms with Crippen molar-refractivity contribution in [2.24, 2.45) is 0 Å². The Kier molecular flexibility index (Phi) is 2.88. The highest BCUT2D eigenvalue weighted by Crippen LogP contribution is 2.39. The summed E-state index contributed by atoms with van der Waals surface area (Å²) in [5.41, 5.74) is 2.29. The van der Waals surface area contributed by atoms with Gasteiger partial charge in [-0.2, -0.15) is 5.26 Å². The predicted molar refractivity (Wildman–Crippen MR) is 69.6 cm³/mol. The van der Waals surface area contributed by atoms with E-state index in [1.165, 1.54) is 12.1 Å². The number of ether oxygens (including phenoxy) is 1. The Morgan fingerprint density at radius 3 is 2.95 bits per heavy atom. The van der Waals surface area contributed by atoms with Gasteiger partial charge in [0.15, 0.2) is 0 Å². The summed E-state index contributed by atoms with van der Waals surface area (Å²) in [6.45, 7) is 0. The van der Waals surface area contributed by atoms with E-state index in [2.05, 4.69) is 6.07 Å². The smallest absolute Gasteiger partial charge is 0.142 e.